The molecule has 1 aliphatic carbocycles. The Kier molecular flexibility index (Phi) is 5.49. The third kappa shape index (κ3) is 4.03. The van der Waals surface area contributed by atoms with Crippen LogP contribution in [-0.2, 0) is 24.2 Å². The lowest BCUT2D eigenvalue weighted by atomic mass is 9.72. The number of thiophene rings is 1. The normalized spacial score (nSPS) is 17.5. The molecule has 158 valence electrons. The Morgan fingerprint density at radius 3 is 2.73 bits per heavy atom. The number of benzene rings is 1. The number of amides is 1. The van der Waals surface area contributed by atoms with Gasteiger partial charge in [-0.15, -0.1) is 16.4 Å². The minimum Gasteiger partial charge on any atom is -0.348 e. The van der Waals surface area contributed by atoms with Crippen molar-refractivity contribution in [1.29, 1.82) is 0 Å². The maximum absolute atomic E-state index is 13.1. The predicted molar refractivity (Wildman–Crippen MR) is 120 cm³/mol. The van der Waals surface area contributed by atoms with Crippen molar-refractivity contribution in [2.24, 2.45) is 11.3 Å². The summed E-state index contributed by atoms with van der Waals surface area (Å²) in [7, 11) is 0. The van der Waals surface area contributed by atoms with Crippen LogP contribution in [0.4, 0.5) is 0 Å². The minimum atomic E-state index is -0.251. The first kappa shape index (κ1) is 20.7. The number of hydrogen-bond acceptors (Lipinski definition) is 5. The van der Waals surface area contributed by atoms with Crippen LogP contribution in [0, 0.1) is 11.3 Å². The van der Waals surface area contributed by atoms with E-state index in [0.717, 1.165) is 30.4 Å². The van der Waals surface area contributed by atoms with E-state index >= 15 is 0 Å². The molecule has 1 amide bonds. The van der Waals surface area contributed by atoms with Gasteiger partial charge in [-0.25, -0.2) is 4.68 Å². The van der Waals surface area contributed by atoms with Gasteiger partial charge in [0.1, 0.15) is 6.54 Å². The number of fused-ring (bicyclic) bond motifs is 3. The minimum absolute atomic E-state index is 0.131. The highest BCUT2D eigenvalue weighted by Crippen LogP contribution is 2.41. The lowest BCUT2D eigenvalue weighted by Gasteiger charge is -2.33. The van der Waals surface area contributed by atoms with Gasteiger partial charge in [-0.05, 0) is 48.6 Å². The molecule has 2 aromatic heterocycles. The predicted octanol–water partition coefficient (Wildman–Crippen LogP) is 3.88. The fraction of sp³-hybridized carbons (Fsp3) is 0.478. The van der Waals surface area contributed by atoms with Crippen molar-refractivity contribution in [1.82, 2.24) is 20.3 Å². The first-order valence-corrected chi connectivity index (χ1v) is 11.3. The van der Waals surface area contributed by atoms with Gasteiger partial charge < -0.3 is 5.32 Å². The maximum Gasteiger partial charge on any atom is 0.279 e. The summed E-state index contributed by atoms with van der Waals surface area (Å²) in [5.74, 6) is 0.345. The van der Waals surface area contributed by atoms with E-state index < -0.39 is 0 Å². The molecule has 0 saturated carbocycles. The molecular weight excluding hydrogens is 396 g/mol. The number of rotatable bonds is 4. The maximum atomic E-state index is 13.1. The standard InChI is InChI=1S/C23H28N4O2S/c1-14(15-8-6-5-7-9-15)24-19(28)13-27-22(29)20-17-11-10-16(23(2,3)4)12-18(17)30-21(20)25-26-27/h5-9,14,16H,10-13H2,1-4H3,(H,24,28)/t14-,16-/m1/s1. The second kappa shape index (κ2) is 7.95. The fourth-order valence-corrected chi connectivity index (χ4v) is 5.45. The van der Waals surface area contributed by atoms with Gasteiger partial charge in [0.15, 0.2) is 4.83 Å². The molecule has 4 rings (SSSR count). The number of carbonyl (C=O) groups is 1. The van der Waals surface area contributed by atoms with E-state index in [1.807, 2.05) is 37.3 Å². The zero-order valence-corrected chi connectivity index (χ0v) is 18.8. The van der Waals surface area contributed by atoms with Gasteiger partial charge in [-0.2, -0.15) is 0 Å². The molecule has 2 heterocycles. The summed E-state index contributed by atoms with van der Waals surface area (Å²) in [6.07, 6.45) is 2.93. The van der Waals surface area contributed by atoms with Gasteiger partial charge >= 0.3 is 0 Å². The lowest BCUT2D eigenvalue weighted by molar-refractivity contribution is -0.122. The highest BCUT2D eigenvalue weighted by molar-refractivity contribution is 7.18. The summed E-state index contributed by atoms with van der Waals surface area (Å²) in [6, 6.07) is 9.59. The molecule has 0 radical (unpaired) electrons. The summed E-state index contributed by atoms with van der Waals surface area (Å²) in [5.41, 5.74) is 2.16. The van der Waals surface area contributed by atoms with Gasteiger partial charge in [0, 0.05) is 4.88 Å². The smallest absolute Gasteiger partial charge is 0.279 e. The molecule has 1 aromatic carbocycles. The van der Waals surface area contributed by atoms with Crippen LogP contribution < -0.4 is 10.9 Å². The van der Waals surface area contributed by atoms with Gasteiger partial charge in [-0.3, -0.25) is 9.59 Å². The highest BCUT2D eigenvalue weighted by Gasteiger charge is 2.32. The molecule has 0 unspecified atom stereocenters. The Morgan fingerprint density at radius 1 is 1.30 bits per heavy atom. The molecule has 6 nitrogen and oxygen atoms in total. The van der Waals surface area contributed by atoms with E-state index in [2.05, 4.69) is 36.4 Å². The molecule has 0 fully saturated rings. The number of nitrogens with zero attached hydrogens (tertiary/aromatic N) is 3. The van der Waals surface area contributed by atoms with E-state index in [-0.39, 0.29) is 29.5 Å². The van der Waals surface area contributed by atoms with Crippen LogP contribution in [0.25, 0.3) is 10.2 Å². The van der Waals surface area contributed by atoms with E-state index in [1.54, 1.807) is 11.3 Å². The SMILES string of the molecule is C[C@@H](NC(=O)Cn1nnc2sc3c(c2c1=O)CC[C@@H](C(C)(C)C)C3)c1ccccc1. The van der Waals surface area contributed by atoms with Crippen molar-refractivity contribution >= 4 is 27.5 Å². The van der Waals surface area contributed by atoms with Gasteiger partial charge in [0.2, 0.25) is 5.91 Å². The average Bonchev–Trinajstić information content (AvgIpc) is 3.08. The van der Waals surface area contributed by atoms with Crippen LogP contribution in [0.2, 0.25) is 0 Å². The van der Waals surface area contributed by atoms with Crippen molar-refractivity contribution in [2.45, 2.75) is 59.5 Å². The molecule has 1 N–H and O–H groups in total. The zero-order valence-electron chi connectivity index (χ0n) is 17.9. The average molecular weight is 425 g/mol. The van der Waals surface area contributed by atoms with E-state index in [0.29, 0.717) is 16.1 Å². The number of aromatic nitrogens is 3. The lowest BCUT2D eigenvalue weighted by Crippen LogP contribution is -2.35. The molecule has 30 heavy (non-hydrogen) atoms. The summed E-state index contributed by atoms with van der Waals surface area (Å²) in [4.78, 5) is 27.6. The largest absolute Gasteiger partial charge is 0.348 e. The van der Waals surface area contributed by atoms with Gasteiger partial charge in [-0.1, -0.05) is 56.3 Å². The van der Waals surface area contributed by atoms with E-state index in [9.17, 15) is 9.59 Å². The Hall–Kier alpha value is -2.54. The van der Waals surface area contributed by atoms with Crippen molar-refractivity contribution in [3.63, 3.8) is 0 Å². The van der Waals surface area contributed by atoms with Crippen molar-refractivity contribution in [3.8, 4) is 0 Å². The molecule has 7 heteroatoms. The summed E-state index contributed by atoms with van der Waals surface area (Å²) in [6.45, 7) is 8.62. The Bertz CT molecular complexity index is 1130. The van der Waals surface area contributed by atoms with Gasteiger partial charge in [0.05, 0.1) is 11.4 Å². The second-order valence-corrected chi connectivity index (χ2v) is 10.3. The first-order chi connectivity index (χ1) is 14.2. The van der Waals surface area contributed by atoms with Crippen LogP contribution >= 0.6 is 11.3 Å². The third-order valence-corrected chi connectivity index (χ3v) is 7.27. The van der Waals surface area contributed by atoms with Crippen LogP contribution in [0.1, 0.15) is 56.2 Å². The van der Waals surface area contributed by atoms with Gasteiger partial charge in [0.25, 0.3) is 5.56 Å². The number of nitrogens with one attached hydrogen (secondary N) is 1. The van der Waals surface area contributed by atoms with Crippen LogP contribution in [0.15, 0.2) is 35.1 Å². The van der Waals surface area contributed by atoms with Crippen LogP contribution in [-0.4, -0.2) is 20.9 Å². The Labute approximate surface area is 180 Å². The number of aryl methyl sites for hydroxylation is 1. The summed E-state index contributed by atoms with van der Waals surface area (Å²) in [5, 5.41) is 11.9. The van der Waals surface area contributed by atoms with Crippen LogP contribution in [0.3, 0.4) is 0 Å². The van der Waals surface area contributed by atoms with Crippen LogP contribution in [0.5, 0.6) is 0 Å². The van der Waals surface area contributed by atoms with E-state index in [1.165, 1.54) is 9.56 Å². The molecule has 0 aliphatic heterocycles. The third-order valence-electron chi connectivity index (χ3n) is 6.13. The number of hydrogen-bond donors (Lipinski definition) is 1. The topological polar surface area (TPSA) is 76.9 Å². The second-order valence-electron chi connectivity index (χ2n) is 9.24. The number of carbonyl (C=O) groups excluding carboxylic acids is 1. The van der Waals surface area contributed by atoms with Crippen molar-refractivity contribution in [3.05, 3.63) is 56.7 Å². The summed E-state index contributed by atoms with van der Waals surface area (Å²) >= 11 is 1.58. The molecule has 0 saturated heterocycles. The van der Waals surface area contributed by atoms with E-state index in [4.69, 9.17) is 0 Å². The first-order valence-electron chi connectivity index (χ1n) is 10.5. The molecule has 3 aromatic rings. The molecule has 2 atom stereocenters. The Morgan fingerprint density at radius 2 is 2.03 bits per heavy atom. The molecule has 0 spiro atoms. The molecule has 0 bridgehead atoms. The van der Waals surface area contributed by atoms with Crippen molar-refractivity contribution < 1.29 is 4.79 Å². The van der Waals surface area contributed by atoms with Crippen molar-refractivity contribution in [2.75, 3.05) is 0 Å². The molecular formula is C23H28N4O2S. The zero-order chi connectivity index (χ0) is 21.5. The molecule has 1 aliphatic rings. The summed E-state index contributed by atoms with van der Waals surface area (Å²) < 4.78 is 1.19. The fourth-order valence-electron chi connectivity index (χ4n) is 4.22. The monoisotopic (exact) mass is 424 g/mol. The quantitative estimate of drug-likeness (QED) is 0.689. The Balaban J connectivity index is 1.56. The highest BCUT2D eigenvalue weighted by atomic mass is 32.1.